The summed E-state index contributed by atoms with van der Waals surface area (Å²) in [6, 6.07) is 18.7. The molecule has 2 aromatic heterocycles. The Kier molecular flexibility index (Phi) is 3.59. The molecule has 0 atom stereocenters. The Labute approximate surface area is 127 Å². The molecule has 0 bridgehead atoms. The maximum Gasteiger partial charge on any atom is 0.101 e. The molecule has 0 saturated carbocycles. The van der Waals surface area contributed by atoms with Crippen molar-refractivity contribution in [2.45, 2.75) is 0 Å². The SMILES string of the molecule is N#Cc1ccc(-c2ccccn2)c(-c2ccccn2)c1C#N. The summed E-state index contributed by atoms with van der Waals surface area (Å²) in [5, 5.41) is 18.8. The van der Waals surface area contributed by atoms with Gasteiger partial charge in [0.05, 0.1) is 22.5 Å². The van der Waals surface area contributed by atoms with Crippen molar-refractivity contribution in [1.82, 2.24) is 9.97 Å². The van der Waals surface area contributed by atoms with Crippen LogP contribution in [0, 0.1) is 22.7 Å². The molecule has 102 valence electrons. The van der Waals surface area contributed by atoms with Crippen molar-refractivity contribution in [3.05, 3.63) is 72.1 Å². The molecule has 4 nitrogen and oxygen atoms in total. The Morgan fingerprint density at radius 3 is 1.95 bits per heavy atom. The number of rotatable bonds is 2. The normalized spacial score (nSPS) is 9.73. The van der Waals surface area contributed by atoms with Crippen molar-refractivity contribution >= 4 is 0 Å². The fourth-order valence-corrected chi connectivity index (χ4v) is 2.32. The first-order chi connectivity index (χ1) is 10.8. The largest absolute Gasteiger partial charge is 0.256 e. The van der Waals surface area contributed by atoms with Crippen LogP contribution in [0.3, 0.4) is 0 Å². The zero-order valence-corrected chi connectivity index (χ0v) is 11.6. The van der Waals surface area contributed by atoms with Gasteiger partial charge in [-0.2, -0.15) is 10.5 Å². The quantitative estimate of drug-likeness (QED) is 0.720. The molecule has 4 heteroatoms. The highest BCUT2D eigenvalue weighted by molar-refractivity contribution is 5.86. The van der Waals surface area contributed by atoms with Gasteiger partial charge < -0.3 is 0 Å². The van der Waals surface area contributed by atoms with Crippen molar-refractivity contribution in [3.63, 3.8) is 0 Å². The third kappa shape index (κ3) is 2.30. The van der Waals surface area contributed by atoms with Crippen LogP contribution in [-0.4, -0.2) is 9.97 Å². The Hall–Kier alpha value is -3.50. The van der Waals surface area contributed by atoms with E-state index in [-0.39, 0.29) is 0 Å². The summed E-state index contributed by atoms with van der Waals surface area (Å²) in [7, 11) is 0. The minimum atomic E-state index is 0.323. The summed E-state index contributed by atoms with van der Waals surface area (Å²) in [5.41, 5.74) is 3.48. The van der Waals surface area contributed by atoms with E-state index in [0.29, 0.717) is 22.4 Å². The fourth-order valence-electron chi connectivity index (χ4n) is 2.32. The second-order valence-corrected chi connectivity index (χ2v) is 4.56. The number of nitrogens with zero attached hydrogens (tertiary/aromatic N) is 4. The number of hydrogen-bond acceptors (Lipinski definition) is 4. The van der Waals surface area contributed by atoms with E-state index in [1.54, 1.807) is 18.5 Å². The van der Waals surface area contributed by atoms with Crippen LogP contribution in [0.5, 0.6) is 0 Å². The van der Waals surface area contributed by atoms with E-state index in [1.807, 2.05) is 42.5 Å². The molecular formula is C18H10N4. The van der Waals surface area contributed by atoms with Gasteiger partial charge in [0, 0.05) is 23.5 Å². The first-order valence-corrected chi connectivity index (χ1v) is 6.65. The number of nitriles is 2. The Bertz CT molecular complexity index is 888. The van der Waals surface area contributed by atoms with Crippen molar-refractivity contribution in [2.24, 2.45) is 0 Å². The molecule has 0 aliphatic carbocycles. The molecule has 0 amide bonds. The van der Waals surface area contributed by atoms with Crippen molar-refractivity contribution in [2.75, 3.05) is 0 Å². The average molecular weight is 282 g/mol. The molecule has 3 rings (SSSR count). The molecule has 0 N–H and O–H groups in total. The molecular weight excluding hydrogens is 272 g/mol. The van der Waals surface area contributed by atoms with Crippen LogP contribution in [0.1, 0.15) is 11.1 Å². The van der Waals surface area contributed by atoms with E-state index in [9.17, 15) is 10.5 Å². The lowest BCUT2D eigenvalue weighted by atomic mass is 9.92. The van der Waals surface area contributed by atoms with E-state index in [4.69, 9.17) is 0 Å². The van der Waals surface area contributed by atoms with Crippen LogP contribution in [0.2, 0.25) is 0 Å². The average Bonchev–Trinajstić information content (AvgIpc) is 2.61. The highest BCUT2D eigenvalue weighted by atomic mass is 14.7. The number of aromatic nitrogens is 2. The van der Waals surface area contributed by atoms with Gasteiger partial charge in [0.1, 0.15) is 12.1 Å². The molecule has 0 fully saturated rings. The lowest BCUT2D eigenvalue weighted by Crippen LogP contribution is -1.96. The summed E-state index contributed by atoms with van der Waals surface area (Å²) in [5.74, 6) is 0. The highest BCUT2D eigenvalue weighted by Crippen LogP contribution is 2.34. The van der Waals surface area contributed by atoms with Crippen LogP contribution in [0.4, 0.5) is 0 Å². The second kappa shape index (κ2) is 5.87. The maximum atomic E-state index is 9.51. The predicted octanol–water partition coefficient (Wildman–Crippen LogP) is 3.55. The maximum absolute atomic E-state index is 9.51. The summed E-state index contributed by atoms with van der Waals surface area (Å²) >= 11 is 0. The first kappa shape index (κ1) is 13.5. The predicted molar refractivity (Wildman–Crippen MR) is 82.3 cm³/mol. The Balaban J connectivity index is 2.38. The monoisotopic (exact) mass is 282 g/mol. The summed E-state index contributed by atoms with van der Waals surface area (Å²) in [6.45, 7) is 0. The summed E-state index contributed by atoms with van der Waals surface area (Å²) in [4.78, 5) is 8.68. The molecule has 0 saturated heterocycles. The summed E-state index contributed by atoms with van der Waals surface area (Å²) in [6.07, 6.45) is 3.36. The summed E-state index contributed by atoms with van der Waals surface area (Å²) < 4.78 is 0. The van der Waals surface area contributed by atoms with Gasteiger partial charge in [-0.3, -0.25) is 9.97 Å². The van der Waals surface area contributed by atoms with E-state index < -0.39 is 0 Å². The number of pyridine rings is 2. The molecule has 1 aromatic carbocycles. The molecule has 0 aliphatic rings. The van der Waals surface area contributed by atoms with Crippen LogP contribution in [-0.2, 0) is 0 Å². The Morgan fingerprint density at radius 1 is 0.727 bits per heavy atom. The third-order valence-corrected chi connectivity index (χ3v) is 3.30. The number of hydrogen-bond donors (Lipinski definition) is 0. The Morgan fingerprint density at radius 2 is 1.41 bits per heavy atom. The van der Waals surface area contributed by atoms with Crippen molar-refractivity contribution in [3.8, 4) is 34.7 Å². The van der Waals surface area contributed by atoms with Crippen molar-refractivity contribution < 1.29 is 0 Å². The smallest absolute Gasteiger partial charge is 0.101 e. The standard InChI is InChI=1S/C18H10N4/c19-11-13-7-8-14(16-5-1-3-9-21-16)18(15(13)12-20)17-6-2-4-10-22-17/h1-10H. The minimum Gasteiger partial charge on any atom is -0.256 e. The van der Waals surface area contributed by atoms with Gasteiger partial charge in [-0.25, -0.2) is 0 Å². The first-order valence-electron chi connectivity index (χ1n) is 6.65. The van der Waals surface area contributed by atoms with E-state index in [1.165, 1.54) is 0 Å². The van der Waals surface area contributed by atoms with Gasteiger partial charge >= 0.3 is 0 Å². The van der Waals surface area contributed by atoms with E-state index in [0.717, 1.165) is 11.3 Å². The minimum absolute atomic E-state index is 0.323. The molecule has 0 spiro atoms. The fraction of sp³-hybridized carbons (Fsp3) is 0. The van der Waals surface area contributed by atoms with Crippen molar-refractivity contribution in [1.29, 1.82) is 10.5 Å². The van der Waals surface area contributed by atoms with Gasteiger partial charge in [-0.15, -0.1) is 0 Å². The molecule has 22 heavy (non-hydrogen) atoms. The highest BCUT2D eigenvalue weighted by Gasteiger charge is 2.17. The molecule has 0 unspecified atom stereocenters. The van der Waals surface area contributed by atoms with Gasteiger partial charge in [0.2, 0.25) is 0 Å². The molecule has 0 aliphatic heterocycles. The zero-order valence-electron chi connectivity index (χ0n) is 11.6. The van der Waals surface area contributed by atoms with Crippen LogP contribution >= 0.6 is 0 Å². The lowest BCUT2D eigenvalue weighted by molar-refractivity contribution is 1.29. The van der Waals surface area contributed by atoms with E-state index in [2.05, 4.69) is 22.1 Å². The van der Waals surface area contributed by atoms with Gasteiger partial charge in [-0.1, -0.05) is 18.2 Å². The lowest BCUT2D eigenvalue weighted by Gasteiger charge is -2.11. The van der Waals surface area contributed by atoms with E-state index >= 15 is 0 Å². The molecule has 3 aromatic rings. The van der Waals surface area contributed by atoms with Crippen LogP contribution in [0.15, 0.2) is 60.9 Å². The number of benzene rings is 1. The van der Waals surface area contributed by atoms with Gasteiger partial charge in [0.15, 0.2) is 0 Å². The molecule has 0 radical (unpaired) electrons. The van der Waals surface area contributed by atoms with Gasteiger partial charge in [0.25, 0.3) is 0 Å². The third-order valence-electron chi connectivity index (χ3n) is 3.30. The van der Waals surface area contributed by atoms with Crippen LogP contribution < -0.4 is 0 Å². The molecule has 2 heterocycles. The topological polar surface area (TPSA) is 73.4 Å². The second-order valence-electron chi connectivity index (χ2n) is 4.56. The van der Waals surface area contributed by atoms with Gasteiger partial charge in [-0.05, 0) is 30.3 Å². The van der Waals surface area contributed by atoms with Crippen LogP contribution in [0.25, 0.3) is 22.5 Å². The zero-order chi connectivity index (χ0) is 15.4.